The van der Waals surface area contributed by atoms with Crippen LogP contribution in [0.3, 0.4) is 0 Å². The number of nitrogens with zero attached hydrogens (tertiary/aromatic N) is 2. The Labute approximate surface area is 348 Å². The number of unbranched alkanes of at least 4 members (excludes halogenated alkanes) is 7. The van der Waals surface area contributed by atoms with Crippen LogP contribution in [0.2, 0.25) is 0 Å². The summed E-state index contributed by atoms with van der Waals surface area (Å²) in [5.41, 5.74) is 4.84. The highest BCUT2D eigenvalue weighted by molar-refractivity contribution is 7.78. The smallest absolute Gasteiger partial charge is 0.0739 e. The monoisotopic (exact) mass is 781 g/mol. The summed E-state index contributed by atoms with van der Waals surface area (Å²) in [5, 5.41) is 4.91. The average molecular weight is 781 g/mol. The fourth-order valence-electron chi connectivity index (χ4n) is 11.4. The Hall–Kier alpha value is -1.96. The maximum Gasteiger partial charge on any atom is 0.0739 e. The van der Waals surface area contributed by atoms with Crippen LogP contribution in [0.25, 0.3) is 0 Å². The molecule has 2 nitrogen and oxygen atoms in total. The number of rotatable bonds is 17. The molecule has 0 atom stereocenters. The van der Waals surface area contributed by atoms with E-state index in [-0.39, 0.29) is 0 Å². The van der Waals surface area contributed by atoms with E-state index in [9.17, 15) is 0 Å². The van der Waals surface area contributed by atoms with Crippen LogP contribution in [0.15, 0.2) is 58.5 Å². The van der Waals surface area contributed by atoms with E-state index in [1.54, 1.807) is 0 Å². The third-order valence-corrected chi connectivity index (χ3v) is 15.1. The minimum atomic E-state index is 0.751. The number of hydrogen-bond acceptors (Lipinski definition) is 4. The maximum atomic E-state index is 4.69. The van der Waals surface area contributed by atoms with Gasteiger partial charge in [0.15, 0.2) is 0 Å². The predicted molar refractivity (Wildman–Crippen MR) is 245 cm³/mol. The van der Waals surface area contributed by atoms with Crippen LogP contribution in [-0.2, 0) is 0 Å². The van der Waals surface area contributed by atoms with E-state index >= 15 is 0 Å². The minimum absolute atomic E-state index is 0.751. The van der Waals surface area contributed by atoms with Crippen molar-refractivity contribution in [3.63, 3.8) is 0 Å². The van der Waals surface area contributed by atoms with Gasteiger partial charge in [-0.2, -0.15) is 9.98 Å². The van der Waals surface area contributed by atoms with Gasteiger partial charge in [-0.25, -0.2) is 0 Å². The summed E-state index contributed by atoms with van der Waals surface area (Å²) in [7, 11) is 0. The zero-order chi connectivity index (χ0) is 38.5. The first-order chi connectivity index (χ1) is 27.1. The number of benzene rings is 2. The molecule has 4 aliphatic rings. The molecule has 4 aliphatic carbocycles. The first-order valence-corrected chi connectivity index (χ1v) is 24.3. The van der Waals surface area contributed by atoms with Gasteiger partial charge in [0.2, 0.25) is 0 Å². The van der Waals surface area contributed by atoms with Crippen molar-refractivity contribution in [3.8, 4) is 0 Å². The summed E-state index contributed by atoms with van der Waals surface area (Å²) in [6.45, 7) is 4.62. The SMILES string of the molecule is CCCCCCC1CCC(C2CCC(c3ccc(N=C=S)cc3)CC2)CC1.CCCCCCCC1CCC(C2CCC(c3ccc(N=C=S)cc3)CC2)CC1. The van der Waals surface area contributed by atoms with Crippen molar-refractivity contribution in [2.75, 3.05) is 0 Å². The molecule has 0 radical (unpaired) electrons. The summed E-state index contributed by atoms with van der Waals surface area (Å²) >= 11 is 9.38. The molecule has 2 aromatic rings. The second-order valence-corrected chi connectivity index (χ2v) is 18.8. The maximum absolute atomic E-state index is 4.69. The third-order valence-electron chi connectivity index (χ3n) is 14.9. The molecular weight excluding hydrogens is 705 g/mol. The first-order valence-electron chi connectivity index (χ1n) is 23.5. The van der Waals surface area contributed by atoms with Gasteiger partial charge in [0.05, 0.1) is 21.7 Å². The van der Waals surface area contributed by atoms with E-state index in [4.69, 9.17) is 12.2 Å². The number of aliphatic imine (C=N–C) groups is 2. The third kappa shape index (κ3) is 15.1. The molecule has 0 aliphatic heterocycles. The Morgan fingerprint density at radius 3 is 1.05 bits per heavy atom. The highest BCUT2D eigenvalue weighted by Crippen LogP contribution is 2.46. The zero-order valence-electron chi connectivity index (χ0n) is 35.0. The summed E-state index contributed by atoms with van der Waals surface area (Å²) in [6.07, 6.45) is 39.3. The number of isothiocyanates is 2. The Balaban J connectivity index is 0.000000211. The van der Waals surface area contributed by atoms with Crippen LogP contribution in [-0.4, -0.2) is 10.3 Å². The highest BCUT2D eigenvalue weighted by Gasteiger charge is 2.32. The van der Waals surface area contributed by atoms with E-state index in [0.717, 1.165) is 58.7 Å². The summed E-state index contributed by atoms with van der Waals surface area (Å²) in [6, 6.07) is 17.4. The second-order valence-electron chi connectivity index (χ2n) is 18.4. The molecule has 0 amide bonds. The summed E-state index contributed by atoms with van der Waals surface area (Å²) in [5.74, 6) is 7.64. The van der Waals surface area contributed by atoms with Gasteiger partial charge in [0, 0.05) is 0 Å². The largest absolute Gasteiger partial charge is 0.195 e. The van der Waals surface area contributed by atoms with Crippen molar-refractivity contribution < 1.29 is 0 Å². The highest BCUT2D eigenvalue weighted by atomic mass is 32.1. The fraction of sp³-hybridized carbons (Fsp3) is 0.725. The van der Waals surface area contributed by atoms with E-state index in [1.807, 2.05) is 0 Å². The molecule has 4 heteroatoms. The standard InChI is InChI=1S/C26H39NS.C25H37NS/c1-2-3-4-5-6-7-21-8-10-22(11-9-21)23-12-14-24(15-13-23)25-16-18-26(19-17-25)27-20-28;1-2-3-4-5-6-20-7-9-21(10-8-20)22-11-13-23(14-12-22)24-15-17-25(18-16-24)26-19-27/h16-19,21-24H,2-15H2,1H3;15-18,20-23H,2-14H2,1H3. The Morgan fingerprint density at radius 2 is 0.727 bits per heavy atom. The van der Waals surface area contributed by atoms with Crippen LogP contribution < -0.4 is 0 Å². The second kappa shape index (κ2) is 25.4. The van der Waals surface area contributed by atoms with Crippen LogP contribution in [0.4, 0.5) is 11.4 Å². The van der Waals surface area contributed by atoms with Gasteiger partial charge >= 0.3 is 0 Å². The van der Waals surface area contributed by atoms with Gasteiger partial charge in [-0.1, -0.05) is 134 Å². The lowest BCUT2D eigenvalue weighted by atomic mass is 9.68. The van der Waals surface area contributed by atoms with Crippen molar-refractivity contribution >= 4 is 46.1 Å². The van der Waals surface area contributed by atoms with Gasteiger partial charge in [-0.3, -0.25) is 0 Å². The Kier molecular flexibility index (Phi) is 20.4. The number of hydrogen-bond donors (Lipinski definition) is 0. The van der Waals surface area contributed by atoms with Gasteiger partial charge in [0.25, 0.3) is 0 Å². The summed E-state index contributed by atoms with van der Waals surface area (Å²) < 4.78 is 0. The van der Waals surface area contributed by atoms with Crippen molar-refractivity contribution in [1.29, 1.82) is 0 Å². The molecule has 0 aromatic heterocycles. The lowest BCUT2D eigenvalue weighted by molar-refractivity contribution is 0.155. The molecule has 2 aromatic carbocycles. The fourth-order valence-corrected chi connectivity index (χ4v) is 11.6. The van der Waals surface area contributed by atoms with Crippen molar-refractivity contribution in [2.24, 2.45) is 45.5 Å². The number of thiocarbonyl (C=S) groups is 2. The molecule has 302 valence electrons. The quantitative estimate of drug-likeness (QED) is 0.0907. The van der Waals surface area contributed by atoms with E-state index in [0.29, 0.717) is 0 Å². The van der Waals surface area contributed by atoms with Crippen molar-refractivity contribution in [2.45, 2.75) is 199 Å². The zero-order valence-corrected chi connectivity index (χ0v) is 36.7. The molecule has 4 saturated carbocycles. The molecule has 0 heterocycles. The topological polar surface area (TPSA) is 24.7 Å². The lowest BCUT2D eigenvalue weighted by Crippen LogP contribution is -2.25. The molecular formula is C51H76N2S2. The van der Waals surface area contributed by atoms with Crippen molar-refractivity contribution in [1.82, 2.24) is 0 Å². The van der Waals surface area contributed by atoms with E-state index in [2.05, 4.69) is 94.9 Å². The Morgan fingerprint density at radius 1 is 0.418 bits per heavy atom. The molecule has 0 spiro atoms. The van der Waals surface area contributed by atoms with E-state index in [1.165, 1.54) is 184 Å². The molecule has 0 bridgehead atoms. The minimum Gasteiger partial charge on any atom is -0.195 e. The molecule has 4 fully saturated rings. The van der Waals surface area contributed by atoms with Gasteiger partial charge in [0.1, 0.15) is 0 Å². The molecule has 6 rings (SSSR count). The predicted octanol–water partition coefficient (Wildman–Crippen LogP) is 17.3. The van der Waals surface area contributed by atoms with Gasteiger partial charge in [-0.05, 0) is 184 Å². The summed E-state index contributed by atoms with van der Waals surface area (Å²) in [4.78, 5) is 8.13. The van der Waals surface area contributed by atoms with Gasteiger partial charge in [-0.15, -0.1) is 0 Å². The average Bonchev–Trinajstić information content (AvgIpc) is 3.24. The van der Waals surface area contributed by atoms with Crippen LogP contribution >= 0.6 is 24.4 Å². The Bertz CT molecular complexity index is 1410. The van der Waals surface area contributed by atoms with Crippen LogP contribution in [0.5, 0.6) is 0 Å². The van der Waals surface area contributed by atoms with Gasteiger partial charge < -0.3 is 0 Å². The molecule has 0 N–H and O–H groups in total. The van der Waals surface area contributed by atoms with E-state index < -0.39 is 0 Å². The first kappa shape index (κ1) is 44.1. The van der Waals surface area contributed by atoms with Crippen LogP contribution in [0, 0.1) is 35.5 Å². The molecule has 55 heavy (non-hydrogen) atoms. The molecule has 0 unspecified atom stereocenters. The van der Waals surface area contributed by atoms with Crippen molar-refractivity contribution in [3.05, 3.63) is 59.7 Å². The normalized spacial score (nSPS) is 28.2. The molecule has 0 saturated heterocycles. The lowest BCUT2D eigenvalue weighted by Gasteiger charge is -2.38. The van der Waals surface area contributed by atoms with Crippen LogP contribution in [0.1, 0.15) is 210 Å².